The van der Waals surface area contributed by atoms with E-state index in [1.54, 1.807) is 24.3 Å². The van der Waals surface area contributed by atoms with Gasteiger partial charge in [0.25, 0.3) is 0 Å². The number of carbonyl (C=O) groups is 1. The van der Waals surface area contributed by atoms with E-state index < -0.39 is 5.63 Å². The molecular formula is C14H13BrO4. The van der Waals surface area contributed by atoms with Crippen molar-refractivity contribution in [1.29, 1.82) is 0 Å². The van der Waals surface area contributed by atoms with E-state index in [1.165, 1.54) is 6.92 Å². The van der Waals surface area contributed by atoms with Crippen LogP contribution in [-0.2, 0) is 0 Å². The Balaban J connectivity index is 2.36. The van der Waals surface area contributed by atoms with Gasteiger partial charge in [0, 0.05) is 16.8 Å². The lowest BCUT2D eigenvalue weighted by Gasteiger charge is -2.06. The average Bonchev–Trinajstić information content (AvgIpc) is 2.37. The minimum Gasteiger partial charge on any atom is -0.493 e. The van der Waals surface area contributed by atoms with E-state index in [0.717, 1.165) is 11.8 Å². The average molecular weight is 325 g/mol. The van der Waals surface area contributed by atoms with Gasteiger partial charge in [-0.25, -0.2) is 4.79 Å². The maximum Gasteiger partial charge on any atom is 0.347 e. The van der Waals surface area contributed by atoms with Gasteiger partial charge in [0.05, 0.1) is 6.61 Å². The molecule has 0 bridgehead atoms. The summed E-state index contributed by atoms with van der Waals surface area (Å²) < 4.78 is 10.6. The van der Waals surface area contributed by atoms with E-state index in [1.807, 2.05) is 0 Å². The van der Waals surface area contributed by atoms with Crippen molar-refractivity contribution in [2.75, 3.05) is 11.9 Å². The summed E-state index contributed by atoms with van der Waals surface area (Å²) in [4.78, 5) is 22.9. The fraction of sp³-hybridized carbons (Fsp3) is 0.286. The third kappa shape index (κ3) is 3.23. The number of ether oxygens (including phenoxy) is 1. The summed E-state index contributed by atoms with van der Waals surface area (Å²) in [6, 6.07) is 6.77. The first-order chi connectivity index (χ1) is 9.11. The first kappa shape index (κ1) is 13.8. The fourth-order valence-electron chi connectivity index (χ4n) is 1.67. The van der Waals surface area contributed by atoms with E-state index in [0.29, 0.717) is 23.3 Å². The molecule has 0 atom stereocenters. The van der Waals surface area contributed by atoms with Crippen molar-refractivity contribution in [2.24, 2.45) is 0 Å². The predicted octanol–water partition coefficient (Wildman–Crippen LogP) is 3.16. The van der Waals surface area contributed by atoms with Crippen LogP contribution in [0, 0.1) is 0 Å². The molecule has 100 valence electrons. The Morgan fingerprint density at radius 3 is 2.84 bits per heavy atom. The maximum absolute atomic E-state index is 11.6. The van der Waals surface area contributed by atoms with Crippen LogP contribution in [0.15, 0.2) is 33.5 Å². The quantitative estimate of drug-likeness (QED) is 0.367. The molecule has 0 spiro atoms. The van der Waals surface area contributed by atoms with E-state index in [2.05, 4.69) is 15.9 Å². The molecule has 2 rings (SSSR count). The molecule has 19 heavy (non-hydrogen) atoms. The van der Waals surface area contributed by atoms with Crippen molar-refractivity contribution in [2.45, 2.75) is 13.3 Å². The van der Waals surface area contributed by atoms with Crippen molar-refractivity contribution in [3.05, 3.63) is 40.2 Å². The van der Waals surface area contributed by atoms with Crippen LogP contribution in [0.2, 0.25) is 0 Å². The van der Waals surface area contributed by atoms with Gasteiger partial charge in [-0.15, -0.1) is 0 Å². The highest BCUT2D eigenvalue weighted by atomic mass is 79.9. The highest BCUT2D eigenvalue weighted by molar-refractivity contribution is 9.09. The third-order valence-electron chi connectivity index (χ3n) is 2.63. The standard InChI is InChI=1S/C14H13BrO4/c1-9(16)12-7-10-3-4-11(18-6-2-5-15)8-13(10)19-14(12)17/h3-4,7-8H,2,5-6H2,1H3. The lowest BCUT2D eigenvalue weighted by Crippen LogP contribution is -2.11. The second-order valence-corrected chi connectivity index (χ2v) is 4.89. The Bertz CT molecular complexity index is 660. The highest BCUT2D eigenvalue weighted by Gasteiger charge is 2.09. The number of hydrogen-bond acceptors (Lipinski definition) is 4. The molecule has 0 aliphatic heterocycles. The van der Waals surface area contributed by atoms with Crippen LogP contribution in [0.1, 0.15) is 23.7 Å². The number of hydrogen-bond donors (Lipinski definition) is 0. The summed E-state index contributed by atoms with van der Waals surface area (Å²) in [6.45, 7) is 1.93. The van der Waals surface area contributed by atoms with E-state index in [9.17, 15) is 9.59 Å². The van der Waals surface area contributed by atoms with Gasteiger partial charge >= 0.3 is 5.63 Å². The molecular weight excluding hydrogens is 312 g/mol. The number of alkyl halides is 1. The first-order valence-electron chi connectivity index (χ1n) is 5.89. The summed E-state index contributed by atoms with van der Waals surface area (Å²) in [5, 5.41) is 1.58. The zero-order chi connectivity index (χ0) is 13.8. The van der Waals surface area contributed by atoms with E-state index >= 15 is 0 Å². The largest absolute Gasteiger partial charge is 0.493 e. The molecule has 2 aromatic rings. The second-order valence-electron chi connectivity index (χ2n) is 4.09. The monoisotopic (exact) mass is 324 g/mol. The van der Waals surface area contributed by atoms with Crippen molar-refractivity contribution >= 4 is 32.7 Å². The zero-order valence-corrected chi connectivity index (χ0v) is 12.0. The summed E-state index contributed by atoms with van der Waals surface area (Å²) in [5.74, 6) is 0.348. The van der Waals surface area contributed by atoms with Crippen LogP contribution < -0.4 is 10.4 Å². The van der Waals surface area contributed by atoms with Crippen molar-refractivity contribution < 1.29 is 13.9 Å². The Morgan fingerprint density at radius 2 is 2.16 bits per heavy atom. The van der Waals surface area contributed by atoms with Crippen LogP contribution in [-0.4, -0.2) is 17.7 Å². The molecule has 0 saturated carbocycles. The number of carbonyl (C=O) groups excluding carboxylic acids is 1. The molecule has 1 heterocycles. The Morgan fingerprint density at radius 1 is 1.37 bits per heavy atom. The second kappa shape index (κ2) is 6.02. The summed E-state index contributed by atoms with van der Waals surface area (Å²) in [6.07, 6.45) is 0.894. The zero-order valence-electron chi connectivity index (χ0n) is 10.4. The van der Waals surface area contributed by atoms with Crippen LogP contribution in [0.3, 0.4) is 0 Å². The molecule has 0 aliphatic carbocycles. The summed E-state index contributed by atoms with van der Waals surface area (Å²) in [7, 11) is 0. The molecule has 5 heteroatoms. The van der Waals surface area contributed by atoms with Crippen molar-refractivity contribution in [3.8, 4) is 5.75 Å². The number of rotatable bonds is 5. The molecule has 1 aromatic heterocycles. The predicted molar refractivity (Wildman–Crippen MR) is 76.4 cm³/mol. The van der Waals surface area contributed by atoms with Crippen molar-refractivity contribution in [1.82, 2.24) is 0 Å². The topological polar surface area (TPSA) is 56.5 Å². The number of benzene rings is 1. The highest BCUT2D eigenvalue weighted by Crippen LogP contribution is 2.20. The van der Waals surface area contributed by atoms with Gasteiger partial charge in [0.15, 0.2) is 5.78 Å². The summed E-state index contributed by atoms with van der Waals surface area (Å²) in [5.41, 5.74) is -0.121. The van der Waals surface area contributed by atoms with Crippen LogP contribution >= 0.6 is 15.9 Å². The fourth-order valence-corrected chi connectivity index (χ4v) is 1.90. The Hall–Kier alpha value is -1.62. The molecule has 1 aromatic carbocycles. The van der Waals surface area contributed by atoms with Crippen LogP contribution in [0.4, 0.5) is 0 Å². The molecule has 0 N–H and O–H groups in total. The smallest absolute Gasteiger partial charge is 0.347 e. The first-order valence-corrected chi connectivity index (χ1v) is 7.01. The Labute approximate surface area is 118 Å². The summed E-state index contributed by atoms with van der Waals surface area (Å²) >= 11 is 3.32. The number of ketones is 1. The molecule has 0 saturated heterocycles. The molecule has 4 nitrogen and oxygen atoms in total. The van der Waals surface area contributed by atoms with Gasteiger partial charge in [-0.3, -0.25) is 4.79 Å². The molecule has 0 unspecified atom stereocenters. The van der Waals surface area contributed by atoms with E-state index in [4.69, 9.17) is 9.15 Å². The number of fused-ring (bicyclic) bond motifs is 1. The number of halogens is 1. The van der Waals surface area contributed by atoms with Gasteiger partial charge in [0.1, 0.15) is 16.9 Å². The van der Waals surface area contributed by atoms with Gasteiger partial charge < -0.3 is 9.15 Å². The molecule has 0 radical (unpaired) electrons. The van der Waals surface area contributed by atoms with Crippen LogP contribution in [0.5, 0.6) is 5.75 Å². The number of Topliss-reactive ketones (excluding diaryl/α,β-unsaturated/α-hetero) is 1. The van der Waals surface area contributed by atoms with E-state index in [-0.39, 0.29) is 11.3 Å². The lowest BCUT2D eigenvalue weighted by molar-refractivity contribution is 0.101. The molecule has 0 aliphatic rings. The lowest BCUT2D eigenvalue weighted by atomic mass is 10.1. The Kier molecular flexibility index (Phi) is 4.37. The minimum absolute atomic E-state index is 0.0699. The normalized spacial score (nSPS) is 10.6. The molecule has 0 amide bonds. The maximum atomic E-state index is 11.6. The van der Waals surface area contributed by atoms with Gasteiger partial charge in [-0.2, -0.15) is 0 Å². The SMILES string of the molecule is CC(=O)c1cc2ccc(OCCCBr)cc2oc1=O. The van der Waals surface area contributed by atoms with Gasteiger partial charge in [-0.05, 0) is 31.5 Å². The van der Waals surface area contributed by atoms with Gasteiger partial charge in [-0.1, -0.05) is 15.9 Å². The molecule has 0 fully saturated rings. The third-order valence-corrected chi connectivity index (χ3v) is 3.19. The van der Waals surface area contributed by atoms with Crippen LogP contribution in [0.25, 0.3) is 11.0 Å². The van der Waals surface area contributed by atoms with Crippen molar-refractivity contribution in [3.63, 3.8) is 0 Å². The minimum atomic E-state index is -0.613. The van der Waals surface area contributed by atoms with Gasteiger partial charge in [0.2, 0.25) is 0 Å².